The Morgan fingerprint density at radius 2 is 1.77 bits per heavy atom. The first kappa shape index (κ1) is 18.5. The molecule has 0 atom stereocenters. The zero-order chi connectivity index (χ0) is 18.4. The first-order valence-electron chi connectivity index (χ1n) is 8.38. The molecule has 1 aliphatic rings. The van der Waals surface area contributed by atoms with Crippen LogP contribution in [0.3, 0.4) is 0 Å². The van der Waals surface area contributed by atoms with Gasteiger partial charge in [-0.2, -0.15) is 8.78 Å². The van der Waals surface area contributed by atoms with Crippen LogP contribution in [-0.2, 0) is 11.3 Å². The first-order chi connectivity index (χ1) is 12.6. The lowest BCUT2D eigenvalue weighted by atomic mass is 9.86. The van der Waals surface area contributed by atoms with Crippen LogP contribution in [0.1, 0.15) is 18.4 Å². The van der Waals surface area contributed by atoms with Gasteiger partial charge >= 0.3 is 6.09 Å². The minimum Gasteiger partial charge on any atom is -0.445 e. The molecular weight excluding hydrogens is 358 g/mol. The lowest BCUT2D eigenvalue weighted by Crippen LogP contribution is -2.49. The van der Waals surface area contributed by atoms with E-state index in [0.29, 0.717) is 22.3 Å². The van der Waals surface area contributed by atoms with Gasteiger partial charge in [-0.1, -0.05) is 54.2 Å². The Morgan fingerprint density at radius 3 is 2.50 bits per heavy atom. The minimum atomic E-state index is -2.45. The molecule has 1 aliphatic carbocycles. The van der Waals surface area contributed by atoms with E-state index in [9.17, 15) is 13.6 Å². The molecule has 138 valence electrons. The van der Waals surface area contributed by atoms with E-state index in [1.54, 1.807) is 18.2 Å². The molecule has 0 radical (unpaired) electrons. The highest BCUT2D eigenvalue weighted by Gasteiger charge is 2.31. The van der Waals surface area contributed by atoms with Gasteiger partial charge in [-0.15, -0.1) is 0 Å². The lowest BCUT2D eigenvalue weighted by molar-refractivity contribution is 0.129. The van der Waals surface area contributed by atoms with Crippen molar-refractivity contribution in [3.63, 3.8) is 0 Å². The molecule has 1 amide bonds. The number of alkyl halides is 2. The molecule has 26 heavy (non-hydrogen) atoms. The van der Waals surface area contributed by atoms with E-state index < -0.39 is 11.9 Å². The number of amides is 1. The summed E-state index contributed by atoms with van der Waals surface area (Å²) in [5.41, 5.74) is 1.64. The second-order valence-electron chi connectivity index (χ2n) is 6.09. The maximum Gasteiger partial charge on any atom is 0.407 e. The summed E-state index contributed by atoms with van der Waals surface area (Å²) in [4.78, 5) is 12.3. The summed E-state index contributed by atoms with van der Waals surface area (Å²) < 4.78 is 30.4. The summed E-state index contributed by atoms with van der Waals surface area (Å²) in [6.45, 7) is 0.235. The molecule has 0 aromatic heterocycles. The van der Waals surface area contributed by atoms with Crippen molar-refractivity contribution < 1.29 is 18.3 Å². The molecule has 0 heterocycles. The fourth-order valence-electron chi connectivity index (χ4n) is 2.79. The number of thioether (sulfide) groups is 1. The molecule has 1 saturated carbocycles. The Bertz CT molecular complexity index is 724. The van der Waals surface area contributed by atoms with Crippen LogP contribution in [0.25, 0.3) is 0 Å². The lowest BCUT2D eigenvalue weighted by Gasteiger charge is -2.37. The number of anilines is 1. The topological polar surface area (TPSA) is 50.4 Å². The predicted octanol–water partition coefficient (Wildman–Crippen LogP) is 4.87. The molecule has 0 unspecified atom stereocenters. The van der Waals surface area contributed by atoms with Gasteiger partial charge in [-0.25, -0.2) is 4.79 Å². The number of hydrogen-bond donors (Lipinski definition) is 2. The molecular formula is C19H20F2N2O2S. The van der Waals surface area contributed by atoms with Crippen molar-refractivity contribution in [2.24, 2.45) is 0 Å². The van der Waals surface area contributed by atoms with Crippen molar-refractivity contribution in [1.82, 2.24) is 5.32 Å². The Kier molecular flexibility index (Phi) is 6.33. The van der Waals surface area contributed by atoms with Gasteiger partial charge in [-0.05, 0) is 30.5 Å². The van der Waals surface area contributed by atoms with Crippen LogP contribution in [0.5, 0.6) is 0 Å². The molecule has 0 aliphatic heterocycles. The average molecular weight is 378 g/mol. The number of para-hydroxylation sites is 1. The third-order valence-corrected chi connectivity index (χ3v) is 4.92. The number of carbonyl (C=O) groups is 1. The summed E-state index contributed by atoms with van der Waals surface area (Å²) in [6.07, 6.45) is 1.02. The molecule has 7 heteroatoms. The highest BCUT2D eigenvalue weighted by Crippen LogP contribution is 2.34. The number of rotatable bonds is 7. The minimum absolute atomic E-state index is 0.0330. The van der Waals surface area contributed by atoms with Gasteiger partial charge in [0.05, 0.1) is 0 Å². The summed E-state index contributed by atoms with van der Waals surface area (Å²) >= 11 is 0.532. The van der Waals surface area contributed by atoms with E-state index >= 15 is 0 Å². The van der Waals surface area contributed by atoms with E-state index in [1.807, 2.05) is 36.4 Å². The van der Waals surface area contributed by atoms with Gasteiger partial charge in [0.15, 0.2) is 0 Å². The van der Waals surface area contributed by atoms with Crippen molar-refractivity contribution in [3.05, 3.63) is 60.2 Å². The van der Waals surface area contributed by atoms with Gasteiger partial charge < -0.3 is 15.4 Å². The van der Waals surface area contributed by atoms with Gasteiger partial charge in [0.1, 0.15) is 6.61 Å². The van der Waals surface area contributed by atoms with E-state index in [0.717, 1.165) is 18.4 Å². The van der Waals surface area contributed by atoms with Crippen molar-refractivity contribution in [2.45, 2.75) is 42.2 Å². The maximum atomic E-state index is 12.6. The van der Waals surface area contributed by atoms with Gasteiger partial charge in [-0.3, -0.25) is 0 Å². The molecule has 2 aromatic rings. The molecule has 1 fully saturated rings. The summed E-state index contributed by atoms with van der Waals surface area (Å²) in [5.74, 6) is -2.45. The summed E-state index contributed by atoms with van der Waals surface area (Å²) in [6, 6.07) is 16.7. The number of hydrogen-bond acceptors (Lipinski definition) is 4. The number of carbonyl (C=O) groups excluding carboxylic acids is 1. The van der Waals surface area contributed by atoms with E-state index in [1.165, 1.54) is 0 Å². The van der Waals surface area contributed by atoms with Crippen LogP contribution < -0.4 is 10.6 Å². The highest BCUT2D eigenvalue weighted by atomic mass is 32.2. The second-order valence-corrected chi connectivity index (χ2v) is 7.12. The van der Waals surface area contributed by atoms with Crippen molar-refractivity contribution in [1.29, 1.82) is 0 Å². The van der Waals surface area contributed by atoms with Crippen LogP contribution in [-0.4, -0.2) is 23.9 Å². The van der Waals surface area contributed by atoms with Gasteiger partial charge in [0.2, 0.25) is 0 Å². The van der Waals surface area contributed by atoms with Crippen LogP contribution in [0, 0.1) is 0 Å². The van der Waals surface area contributed by atoms with E-state index in [2.05, 4.69) is 10.6 Å². The first-order valence-corrected chi connectivity index (χ1v) is 9.25. The van der Waals surface area contributed by atoms with E-state index in [4.69, 9.17) is 4.74 Å². The monoisotopic (exact) mass is 378 g/mol. The third kappa shape index (κ3) is 5.36. The Labute approximate surface area is 155 Å². The second kappa shape index (κ2) is 8.89. The summed E-state index contributed by atoms with van der Waals surface area (Å²) in [7, 11) is 0. The van der Waals surface area contributed by atoms with Gasteiger partial charge in [0, 0.05) is 22.7 Å². The SMILES string of the molecule is O=C(NC1CC(Nc2ccccc2SC(F)F)C1)OCc1ccccc1. The quantitative estimate of drug-likeness (QED) is 0.675. The fraction of sp³-hybridized carbons (Fsp3) is 0.316. The summed E-state index contributed by atoms with van der Waals surface area (Å²) in [5, 5.41) is 6.09. The maximum absolute atomic E-state index is 12.6. The number of halogens is 2. The van der Waals surface area contributed by atoms with Gasteiger partial charge in [0.25, 0.3) is 5.76 Å². The standard InChI is InChI=1S/C19H20F2N2O2S/c20-18(21)26-17-9-5-4-8-16(17)22-14-10-15(11-14)23-19(24)25-12-13-6-2-1-3-7-13/h1-9,14-15,18,22H,10-12H2,(H,23,24). The largest absolute Gasteiger partial charge is 0.445 e. The number of benzene rings is 2. The van der Waals surface area contributed by atoms with Crippen molar-refractivity contribution in [2.75, 3.05) is 5.32 Å². The Balaban J connectivity index is 1.40. The number of ether oxygens (including phenoxy) is 1. The molecule has 2 N–H and O–H groups in total. The molecule has 0 bridgehead atoms. The Morgan fingerprint density at radius 1 is 1.08 bits per heavy atom. The molecule has 3 rings (SSSR count). The molecule has 2 aromatic carbocycles. The Hall–Kier alpha value is -2.28. The van der Waals surface area contributed by atoms with Crippen LogP contribution >= 0.6 is 11.8 Å². The van der Waals surface area contributed by atoms with Crippen LogP contribution in [0.4, 0.5) is 19.3 Å². The molecule has 0 saturated heterocycles. The zero-order valence-corrected chi connectivity index (χ0v) is 14.8. The van der Waals surface area contributed by atoms with Crippen molar-refractivity contribution in [3.8, 4) is 0 Å². The zero-order valence-electron chi connectivity index (χ0n) is 14.0. The third-order valence-electron chi connectivity index (χ3n) is 4.14. The smallest absolute Gasteiger partial charge is 0.407 e. The van der Waals surface area contributed by atoms with Crippen molar-refractivity contribution >= 4 is 23.5 Å². The predicted molar refractivity (Wildman–Crippen MR) is 98.5 cm³/mol. The average Bonchev–Trinajstić information content (AvgIpc) is 2.60. The van der Waals surface area contributed by atoms with Crippen LogP contribution in [0.15, 0.2) is 59.5 Å². The number of nitrogens with one attached hydrogen (secondary N) is 2. The molecule has 4 nitrogen and oxygen atoms in total. The van der Waals surface area contributed by atoms with E-state index in [-0.39, 0.29) is 18.7 Å². The fourth-order valence-corrected chi connectivity index (χ4v) is 3.39. The number of alkyl carbamates (subject to hydrolysis) is 1. The molecule has 0 spiro atoms. The normalized spacial score (nSPS) is 18.9. The highest BCUT2D eigenvalue weighted by molar-refractivity contribution is 7.99. The van der Waals surface area contributed by atoms with Crippen LogP contribution in [0.2, 0.25) is 0 Å².